The number of carbonyl (C=O) groups is 1. The van der Waals surface area contributed by atoms with Gasteiger partial charge in [-0.15, -0.1) is 0 Å². The summed E-state index contributed by atoms with van der Waals surface area (Å²) >= 11 is 5.88. The lowest BCUT2D eigenvalue weighted by Gasteiger charge is -2.11. The third-order valence-electron chi connectivity index (χ3n) is 2.09. The molecule has 1 N–H and O–H groups in total. The van der Waals surface area contributed by atoms with Crippen molar-refractivity contribution in [1.29, 1.82) is 0 Å². The second-order valence-corrected chi connectivity index (χ2v) is 4.77. The summed E-state index contributed by atoms with van der Waals surface area (Å²) in [7, 11) is 0. The van der Waals surface area contributed by atoms with Crippen molar-refractivity contribution >= 4 is 17.5 Å². The van der Waals surface area contributed by atoms with Crippen LogP contribution in [0.25, 0.3) is 0 Å². The van der Waals surface area contributed by atoms with E-state index in [4.69, 9.17) is 11.6 Å². The number of amides is 1. The first-order chi connectivity index (χ1) is 7.40. The third kappa shape index (κ3) is 3.49. The molecule has 0 aliphatic carbocycles. The molecule has 0 aliphatic heterocycles. The fraction of sp³-hybridized carbons (Fsp3) is 0.500. The van der Waals surface area contributed by atoms with Crippen molar-refractivity contribution < 1.29 is 4.79 Å². The van der Waals surface area contributed by atoms with E-state index >= 15 is 0 Å². The van der Waals surface area contributed by atoms with E-state index in [1.165, 1.54) is 0 Å². The highest BCUT2D eigenvalue weighted by atomic mass is 35.5. The van der Waals surface area contributed by atoms with Crippen LogP contribution in [-0.4, -0.2) is 16.9 Å². The molecule has 0 saturated heterocycles. The monoisotopic (exact) mass is 240 g/mol. The van der Waals surface area contributed by atoms with Crippen LogP contribution < -0.4 is 5.32 Å². The van der Waals surface area contributed by atoms with Gasteiger partial charge in [-0.05, 0) is 31.9 Å². The van der Waals surface area contributed by atoms with Gasteiger partial charge in [-0.25, -0.2) is 4.98 Å². The fourth-order valence-corrected chi connectivity index (χ4v) is 1.50. The van der Waals surface area contributed by atoms with E-state index in [1.54, 1.807) is 12.1 Å². The van der Waals surface area contributed by atoms with Crippen LogP contribution in [0, 0.1) is 0 Å². The number of carbonyl (C=O) groups excluding carboxylic acids is 1. The maximum atomic E-state index is 11.8. The summed E-state index contributed by atoms with van der Waals surface area (Å²) in [6, 6.07) is 3.49. The zero-order valence-electron chi connectivity index (χ0n) is 10.0. The molecule has 0 unspecified atom stereocenters. The Labute approximate surface area is 101 Å². The van der Waals surface area contributed by atoms with Gasteiger partial charge in [0.1, 0.15) is 5.15 Å². The minimum absolute atomic E-state index is 0.110. The van der Waals surface area contributed by atoms with Crippen LogP contribution in [0.3, 0.4) is 0 Å². The Morgan fingerprint density at radius 1 is 1.31 bits per heavy atom. The summed E-state index contributed by atoms with van der Waals surface area (Å²) in [6.45, 7) is 7.87. The lowest BCUT2D eigenvalue weighted by atomic mass is 10.1. The molecule has 88 valence electrons. The Kier molecular flexibility index (Phi) is 4.30. The van der Waals surface area contributed by atoms with Crippen LogP contribution >= 0.6 is 11.6 Å². The van der Waals surface area contributed by atoms with E-state index in [-0.39, 0.29) is 17.9 Å². The Hall–Kier alpha value is -1.09. The highest BCUT2D eigenvalue weighted by Gasteiger charge is 2.11. The van der Waals surface area contributed by atoms with Crippen LogP contribution in [0.1, 0.15) is 49.7 Å². The lowest BCUT2D eigenvalue weighted by Crippen LogP contribution is -2.30. The molecule has 4 heteroatoms. The summed E-state index contributed by atoms with van der Waals surface area (Å²) in [5.74, 6) is 0.144. The average molecular weight is 241 g/mol. The summed E-state index contributed by atoms with van der Waals surface area (Å²) in [4.78, 5) is 16.0. The predicted octanol–water partition coefficient (Wildman–Crippen LogP) is 3.00. The van der Waals surface area contributed by atoms with E-state index in [0.717, 1.165) is 5.69 Å². The number of aromatic nitrogens is 1. The molecular weight excluding hydrogens is 224 g/mol. The van der Waals surface area contributed by atoms with Crippen molar-refractivity contribution in [3.05, 3.63) is 28.5 Å². The van der Waals surface area contributed by atoms with E-state index < -0.39 is 0 Å². The second-order valence-electron chi connectivity index (χ2n) is 4.39. The molecule has 1 rings (SSSR count). The van der Waals surface area contributed by atoms with Gasteiger partial charge in [0.05, 0.1) is 0 Å². The largest absolute Gasteiger partial charge is 0.350 e. The van der Waals surface area contributed by atoms with Crippen molar-refractivity contribution in [1.82, 2.24) is 10.3 Å². The SMILES string of the molecule is CC(C)NC(=O)c1cc(Cl)nc(C(C)C)c1. The summed E-state index contributed by atoms with van der Waals surface area (Å²) in [5.41, 5.74) is 1.40. The van der Waals surface area contributed by atoms with Crippen LogP contribution in [0.15, 0.2) is 12.1 Å². The van der Waals surface area contributed by atoms with Gasteiger partial charge in [0.15, 0.2) is 0 Å². The van der Waals surface area contributed by atoms with E-state index in [9.17, 15) is 4.79 Å². The van der Waals surface area contributed by atoms with Gasteiger partial charge >= 0.3 is 0 Å². The molecule has 3 nitrogen and oxygen atoms in total. The molecule has 16 heavy (non-hydrogen) atoms. The molecular formula is C12H17ClN2O. The van der Waals surface area contributed by atoms with Gasteiger partial charge < -0.3 is 5.32 Å². The standard InChI is InChI=1S/C12H17ClN2O/c1-7(2)10-5-9(6-11(13)15-10)12(16)14-8(3)4/h5-8H,1-4H3,(H,14,16). The van der Waals surface area contributed by atoms with Gasteiger partial charge in [-0.2, -0.15) is 0 Å². The van der Waals surface area contributed by atoms with Crippen molar-refractivity contribution in [2.45, 2.75) is 39.7 Å². The predicted molar refractivity (Wildman–Crippen MR) is 65.9 cm³/mol. The molecule has 1 aromatic rings. The normalized spacial score (nSPS) is 10.9. The molecule has 0 radical (unpaired) electrons. The average Bonchev–Trinajstić information content (AvgIpc) is 2.15. The van der Waals surface area contributed by atoms with E-state index in [1.807, 2.05) is 27.7 Å². The highest BCUT2D eigenvalue weighted by Crippen LogP contribution is 2.17. The molecule has 1 amide bonds. The first kappa shape index (κ1) is 13.0. The zero-order chi connectivity index (χ0) is 12.3. The van der Waals surface area contributed by atoms with Crippen LogP contribution in [0.5, 0.6) is 0 Å². The van der Waals surface area contributed by atoms with E-state index in [2.05, 4.69) is 10.3 Å². The van der Waals surface area contributed by atoms with Crippen molar-refractivity contribution in [3.63, 3.8) is 0 Å². The quantitative estimate of drug-likeness (QED) is 0.826. The number of pyridine rings is 1. The maximum absolute atomic E-state index is 11.8. The highest BCUT2D eigenvalue weighted by molar-refractivity contribution is 6.29. The van der Waals surface area contributed by atoms with Gasteiger partial charge in [0, 0.05) is 17.3 Å². The van der Waals surface area contributed by atoms with E-state index in [0.29, 0.717) is 10.7 Å². The first-order valence-electron chi connectivity index (χ1n) is 5.38. The molecule has 0 aliphatic rings. The van der Waals surface area contributed by atoms with Crippen molar-refractivity contribution in [2.75, 3.05) is 0 Å². The van der Waals surface area contributed by atoms with Crippen LogP contribution in [-0.2, 0) is 0 Å². The molecule has 0 fully saturated rings. The Morgan fingerprint density at radius 3 is 2.44 bits per heavy atom. The molecule has 0 spiro atoms. The second kappa shape index (κ2) is 5.30. The minimum Gasteiger partial charge on any atom is -0.350 e. The number of nitrogens with zero attached hydrogens (tertiary/aromatic N) is 1. The number of rotatable bonds is 3. The first-order valence-corrected chi connectivity index (χ1v) is 5.76. The fourth-order valence-electron chi connectivity index (χ4n) is 1.29. The van der Waals surface area contributed by atoms with Crippen molar-refractivity contribution in [3.8, 4) is 0 Å². The Bertz CT molecular complexity index is 389. The van der Waals surface area contributed by atoms with Crippen molar-refractivity contribution in [2.24, 2.45) is 0 Å². The topological polar surface area (TPSA) is 42.0 Å². The Morgan fingerprint density at radius 2 is 1.94 bits per heavy atom. The molecule has 0 aromatic carbocycles. The summed E-state index contributed by atoms with van der Waals surface area (Å²) < 4.78 is 0. The minimum atomic E-state index is -0.110. The summed E-state index contributed by atoms with van der Waals surface area (Å²) in [6.07, 6.45) is 0. The Balaban J connectivity index is 3.00. The van der Waals surface area contributed by atoms with Gasteiger partial charge in [-0.3, -0.25) is 4.79 Å². The molecule has 1 aromatic heterocycles. The molecule has 0 saturated carbocycles. The number of nitrogens with one attached hydrogen (secondary N) is 1. The van der Waals surface area contributed by atoms with Gasteiger partial charge in [0.2, 0.25) is 0 Å². The summed E-state index contributed by atoms with van der Waals surface area (Å²) in [5, 5.41) is 3.19. The molecule has 0 atom stereocenters. The molecule has 1 heterocycles. The van der Waals surface area contributed by atoms with Gasteiger partial charge in [-0.1, -0.05) is 25.4 Å². The third-order valence-corrected chi connectivity index (χ3v) is 2.28. The number of hydrogen-bond donors (Lipinski definition) is 1. The maximum Gasteiger partial charge on any atom is 0.251 e. The molecule has 0 bridgehead atoms. The zero-order valence-corrected chi connectivity index (χ0v) is 10.8. The lowest BCUT2D eigenvalue weighted by molar-refractivity contribution is 0.0943. The number of halogens is 1. The smallest absolute Gasteiger partial charge is 0.251 e. The van der Waals surface area contributed by atoms with Crippen LogP contribution in [0.4, 0.5) is 0 Å². The number of hydrogen-bond acceptors (Lipinski definition) is 2. The van der Waals surface area contributed by atoms with Gasteiger partial charge in [0.25, 0.3) is 5.91 Å². The van der Waals surface area contributed by atoms with Crippen LogP contribution in [0.2, 0.25) is 5.15 Å².